The predicted octanol–water partition coefficient (Wildman–Crippen LogP) is 6.59. The third-order valence-electron chi connectivity index (χ3n) is 6.94. The fraction of sp³-hybridized carbons (Fsp3) is 0.258. The molecule has 0 amide bonds. The van der Waals surface area contributed by atoms with Gasteiger partial charge in [-0.15, -0.1) is 0 Å². The molecule has 182 valence electrons. The number of esters is 1. The number of carbonyl (C=O) groups is 2. The zero-order valence-corrected chi connectivity index (χ0v) is 21.0. The summed E-state index contributed by atoms with van der Waals surface area (Å²) in [6.07, 6.45) is 4.64. The minimum Gasteiger partial charge on any atom is -0.454 e. The Morgan fingerprint density at radius 2 is 1.78 bits per heavy atom. The van der Waals surface area contributed by atoms with Gasteiger partial charge in [0.15, 0.2) is 6.61 Å². The summed E-state index contributed by atoms with van der Waals surface area (Å²) in [5, 5.41) is 0.760. The molecule has 0 N–H and O–H groups in total. The highest BCUT2D eigenvalue weighted by Crippen LogP contribution is 2.37. The minimum atomic E-state index is -0.471. The van der Waals surface area contributed by atoms with Crippen LogP contribution in [-0.2, 0) is 17.7 Å². The molecule has 4 aromatic rings. The van der Waals surface area contributed by atoms with Crippen molar-refractivity contribution in [1.29, 1.82) is 0 Å². The summed E-state index contributed by atoms with van der Waals surface area (Å²) in [6, 6.07) is 19.7. The number of aryl methyl sites for hydroxylation is 1. The number of Topliss-reactive ketones (excluding diaryl/α,β-unsaturated/α-hetero) is 1. The molecule has 2 aromatic heterocycles. The van der Waals surface area contributed by atoms with Gasteiger partial charge in [0, 0.05) is 28.9 Å². The van der Waals surface area contributed by atoms with E-state index in [1.165, 1.54) is 0 Å². The van der Waals surface area contributed by atoms with Gasteiger partial charge in [0.05, 0.1) is 16.8 Å². The number of carbonyl (C=O) groups excluding carboxylic acids is 2. The summed E-state index contributed by atoms with van der Waals surface area (Å²) in [5.41, 5.74) is 7.80. The fourth-order valence-corrected chi connectivity index (χ4v) is 5.19. The maximum absolute atomic E-state index is 13.5. The Morgan fingerprint density at radius 3 is 2.56 bits per heavy atom. The molecule has 36 heavy (non-hydrogen) atoms. The molecule has 0 spiro atoms. The number of ketones is 1. The summed E-state index contributed by atoms with van der Waals surface area (Å²) in [4.78, 5) is 31.4. The lowest BCUT2D eigenvalue weighted by molar-refractivity contribution is 0.0475. The Bertz CT molecular complexity index is 1500. The highest BCUT2D eigenvalue weighted by atomic mass is 16.5. The summed E-state index contributed by atoms with van der Waals surface area (Å²) in [7, 11) is 0. The number of para-hydroxylation sites is 1. The number of allylic oxidation sites excluding steroid dienone is 1. The summed E-state index contributed by atoms with van der Waals surface area (Å²) in [6.45, 7) is 6.63. The van der Waals surface area contributed by atoms with E-state index >= 15 is 0 Å². The Hall–Kier alpha value is -3.99. The van der Waals surface area contributed by atoms with Crippen molar-refractivity contribution in [3.63, 3.8) is 0 Å². The number of hydrogen-bond acceptors (Lipinski definition) is 4. The molecular formula is C31H30N2O3. The average Bonchev–Trinajstić information content (AvgIpc) is 3.41. The molecule has 5 nitrogen and oxygen atoms in total. The summed E-state index contributed by atoms with van der Waals surface area (Å²) < 4.78 is 7.79. The molecule has 0 unspecified atom stereocenters. The van der Waals surface area contributed by atoms with Crippen molar-refractivity contribution in [1.82, 2.24) is 9.55 Å². The van der Waals surface area contributed by atoms with Crippen LogP contribution in [0, 0.1) is 13.8 Å². The van der Waals surface area contributed by atoms with Crippen LogP contribution in [-0.4, -0.2) is 27.9 Å². The standard InChI is InChI=1S/C31H30N2O3/c1-4-16-33-20(2)17-26(21(33)3)28(34)19-36-31(35)29-24-12-8-9-13-27(24)32-30-23(14-15-25(29)30)18-22-10-6-5-7-11-22/h5-13,17-18H,4,14-16,19H2,1-3H3. The zero-order chi connectivity index (χ0) is 25.2. The van der Waals surface area contributed by atoms with Crippen LogP contribution >= 0.6 is 0 Å². The highest BCUT2D eigenvalue weighted by Gasteiger charge is 2.28. The van der Waals surface area contributed by atoms with Gasteiger partial charge >= 0.3 is 5.97 Å². The van der Waals surface area contributed by atoms with Gasteiger partial charge in [-0.2, -0.15) is 0 Å². The second kappa shape index (κ2) is 9.94. The van der Waals surface area contributed by atoms with Crippen molar-refractivity contribution in [3.8, 4) is 0 Å². The molecule has 5 heteroatoms. The van der Waals surface area contributed by atoms with Gasteiger partial charge in [0.2, 0.25) is 5.78 Å². The van der Waals surface area contributed by atoms with Crippen LogP contribution < -0.4 is 0 Å². The Kier molecular flexibility index (Phi) is 6.55. The Morgan fingerprint density at radius 1 is 1.03 bits per heavy atom. The third-order valence-corrected chi connectivity index (χ3v) is 6.94. The molecule has 0 saturated heterocycles. The number of hydrogen-bond donors (Lipinski definition) is 0. The lowest BCUT2D eigenvalue weighted by Gasteiger charge is -2.12. The van der Waals surface area contributed by atoms with E-state index in [1.807, 2.05) is 62.4 Å². The van der Waals surface area contributed by atoms with Crippen molar-refractivity contribution >= 4 is 34.3 Å². The Labute approximate surface area is 211 Å². The first-order chi connectivity index (χ1) is 17.5. The maximum Gasteiger partial charge on any atom is 0.339 e. The molecule has 0 saturated carbocycles. The van der Waals surface area contributed by atoms with E-state index in [2.05, 4.69) is 29.7 Å². The molecule has 1 aliphatic rings. The second-order valence-electron chi connectivity index (χ2n) is 9.35. The van der Waals surface area contributed by atoms with E-state index < -0.39 is 5.97 Å². The normalized spacial score (nSPS) is 13.8. The quantitative estimate of drug-likeness (QED) is 0.222. The van der Waals surface area contributed by atoms with E-state index in [0.717, 1.165) is 64.1 Å². The number of fused-ring (bicyclic) bond motifs is 2. The van der Waals surface area contributed by atoms with Gasteiger partial charge in [0.25, 0.3) is 0 Å². The minimum absolute atomic E-state index is 0.182. The Balaban J connectivity index is 1.46. The van der Waals surface area contributed by atoms with Gasteiger partial charge in [0.1, 0.15) is 0 Å². The number of benzene rings is 2. The topological polar surface area (TPSA) is 61.2 Å². The van der Waals surface area contributed by atoms with Crippen molar-refractivity contribution < 1.29 is 14.3 Å². The number of nitrogens with zero attached hydrogens (tertiary/aromatic N) is 2. The molecule has 5 rings (SSSR count). The predicted molar refractivity (Wildman–Crippen MR) is 143 cm³/mol. The molecule has 0 bridgehead atoms. The highest BCUT2D eigenvalue weighted by molar-refractivity contribution is 6.08. The van der Waals surface area contributed by atoms with E-state index in [4.69, 9.17) is 9.72 Å². The summed E-state index contributed by atoms with van der Waals surface area (Å²) in [5.74, 6) is -0.653. The smallest absolute Gasteiger partial charge is 0.339 e. The number of rotatable bonds is 7. The zero-order valence-electron chi connectivity index (χ0n) is 21.0. The first-order valence-electron chi connectivity index (χ1n) is 12.5. The second-order valence-corrected chi connectivity index (χ2v) is 9.35. The van der Waals surface area contributed by atoms with Crippen LogP contribution in [0.2, 0.25) is 0 Å². The molecule has 2 heterocycles. The first-order valence-corrected chi connectivity index (χ1v) is 12.5. The van der Waals surface area contributed by atoms with Crippen LogP contribution in [0.25, 0.3) is 22.6 Å². The largest absolute Gasteiger partial charge is 0.454 e. The van der Waals surface area contributed by atoms with Crippen LogP contribution in [0.4, 0.5) is 0 Å². The maximum atomic E-state index is 13.5. The third kappa shape index (κ3) is 4.37. The SMILES string of the molecule is CCCn1c(C)cc(C(=O)COC(=O)c2c3c(nc4ccccc24)C(=Cc2ccccc2)CC3)c1C. The average molecular weight is 479 g/mol. The van der Waals surface area contributed by atoms with E-state index in [0.29, 0.717) is 17.5 Å². The lowest BCUT2D eigenvalue weighted by Crippen LogP contribution is -2.17. The van der Waals surface area contributed by atoms with Crippen LogP contribution in [0.3, 0.4) is 0 Å². The van der Waals surface area contributed by atoms with E-state index in [1.54, 1.807) is 0 Å². The molecule has 1 aliphatic carbocycles. The van der Waals surface area contributed by atoms with Crippen LogP contribution in [0.1, 0.15) is 68.7 Å². The van der Waals surface area contributed by atoms with Crippen molar-refractivity contribution in [2.45, 2.75) is 46.6 Å². The number of pyridine rings is 1. The molecular weight excluding hydrogens is 448 g/mol. The van der Waals surface area contributed by atoms with Crippen molar-refractivity contribution in [2.24, 2.45) is 0 Å². The lowest BCUT2D eigenvalue weighted by atomic mass is 10.0. The van der Waals surface area contributed by atoms with Gasteiger partial charge in [-0.25, -0.2) is 9.78 Å². The number of aromatic nitrogens is 2. The van der Waals surface area contributed by atoms with E-state index in [9.17, 15) is 9.59 Å². The summed E-state index contributed by atoms with van der Waals surface area (Å²) >= 11 is 0. The van der Waals surface area contributed by atoms with Crippen LogP contribution in [0.5, 0.6) is 0 Å². The van der Waals surface area contributed by atoms with Crippen LogP contribution in [0.15, 0.2) is 60.7 Å². The molecule has 0 atom stereocenters. The number of ether oxygens (including phenoxy) is 1. The van der Waals surface area contributed by atoms with Gasteiger partial charge in [-0.1, -0.05) is 55.5 Å². The monoisotopic (exact) mass is 478 g/mol. The molecule has 0 radical (unpaired) electrons. The van der Waals surface area contributed by atoms with Crippen molar-refractivity contribution in [3.05, 3.63) is 100.0 Å². The molecule has 2 aromatic carbocycles. The van der Waals surface area contributed by atoms with Gasteiger partial charge in [-0.3, -0.25) is 4.79 Å². The van der Waals surface area contributed by atoms with Crippen molar-refractivity contribution in [2.75, 3.05) is 6.61 Å². The first kappa shape index (κ1) is 23.7. The molecule has 0 aliphatic heterocycles. The van der Waals surface area contributed by atoms with E-state index in [-0.39, 0.29) is 12.4 Å². The fourth-order valence-electron chi connectivity index (χ4n) is 5.19. The molecule has 0 fully saturated rings. The van der Waals surface area contributed by atoms with Gasteiger partial charge < -0.3 is 9.30 Å². The van der Waals surface area contributed by atoms with Gasteiger partial charge in [-0.05, 0) is 68.0 Å².